The van der Waals surface area contributed by atoms with E-state index in [9.17, 15) is 43.3 Å². The monoisotopic (exact) mass is 1050 g/mol. The minimum Gasteiger partial charge on any atom is -0.496 e. The number of nitrogens with zero attached hydrogens (tertiary/aromatic N) is 6. The lowest BCUT2D eigenvalue weighted by molar-refractivity contribution is -0.141. The molecule has 396 valence electrons. The second kappa shape index (κ2) is 19.8. The number of fused-ring (bicyclic) bond motifs is 6. The Bertz CT molecular complexity index is 3510. The average molecular weight is 1050 g/mol. The molecule has 2 spiro atoms. The van der Waals surface area contributed by atoms with E-state index in [1.54, 1.807) is 86.6 Å². The van der Waals surface area contributed by atoms with Crippen molar-refractivity contribution in [2.45, 2.75) is 73.7 Å². The van der Waals surface area contributed by atoms with Crippen LogP contribution in [0, 0.1) is 34.3 Å². The number of likely N-dealkylation sites (tertiary alicyclic amines) is 2. The van der Waals surface area contributed by atoms with E-state index in [0.29, 0.717) is 45.2 Å². The molecule has 0 radical (unpaired) electrons. The number of nitrogens with one attached hydrogen (secondary N) is 4. The molecule has 4 aromatic carbocycles. The van der Waals surface area contributed by atoms with Gasteiger partial charge in [0, 0.05) is 80.4 Å². The van der Waals surface area contributed by atoms with Crippen molar-refractivity contribution in [3.05, 3.63) is 125 Å². The van der Waals surface area contributed by atoms with Gasteiger partial charge < -0.3 is 54.4 Å². The van der Waals surface area contributed by atoms with Gasteiger partial charge in [0.15, 0.2) is 0 Å². The van der Waals surface area contributed by atoms with Gasteiger partial charge in [0.05, 0.1) is 54.4 Å². The molecule has 6 aromatic rings. The van der Waals surface area contributed by atoms with Crippen molar-refractivity contribution in [2.24, 2.45) is 0 Å². The smallest absolute Gasteiger partial charge is 0.270 e. The van der Waals surface area contributed by atoms with Gasteiger partial charge in [0.2, 0.25) is 23.6 Å². The summed E-state index contributed by atoms with van der Waals surface area (Å²) in [5, 5.41) is 27.3. The fraction of sp³-hybridized carbons (Fsp3) is 0.357. The first-order valence-corrected chi connectivity index (χ1v) is 25.0. The number of hydrogen-bond acceptors (Lipinski definition) is 11. The topological polar surface area (TPSA) is 246 Å². The number of amides is 6. The molecular formula is C56H54F2N10O9. The Hall–Kier alpha value is -8.66. The molecule has 4 aliphatic rings. The van der Waals surface area contributed by atoms with Gasteiger partial charge in [-0.05, 0) is 73.9 Å². The normalized spacial score (nSPS) is 21.2. The maximum absolute atomic E-state index is 15.0. The zero-order valence-corrected chi connectivity index (χ0v) is 42.7. The quantitative estimate of drug-likeness (QED) is 0.0903. The number of anilines is 2. The Kier molecular flexibility index (Phi) is 13.3. The molecule has 19 nitrogen and oxygen atoms in total. The van der Waals surface area contributed by atoms with Crippen molar-refractivity contribution >= 4 is 68.6 Å². The summed E-state index contributed by atoms with van der Waals surface area (Å²) in [6, 6.07) is 23.5. The van der Waals surface area contributed by atoms with Crippen LogP contribution in [0.5, 0.6) is 5.75 Å². The van der Waals surface area contributed by atoms with Crippen molar-refractivity contribution in [3.8, 4) is 17.9 Å². The minimum absolute atomic E-state index is 0.0109. The molecule has 2 aromatic heterocycles. The number of H-pyrrole nitrogens is 2. The summed E-state index contributed by atoms with van der Waals surface area (Å²) in [7, 11) is 4.30. The van der Waals surface area contributed by atoms with Gasteiger partial charge in [-0.15, -0.1) is 0 Å². The lowest BCUT2D eigenvalue weighted by atomic mass is 9.80. The zero-order chi connectivity index (χ0) is 54.7. The molecular weight excluding hydrogens is 995 g/mol. The molecule has 0 unspecified atom stereocenters. The van der Waals surface area contributed by atoms with Gasteiger partial charge in [-0.3, -0.25) is 28.8 Å². The van der Waals surface area contributed by atoms with E-state index in [4.69, 9.17) is 14.2 Å². The van der Waals surface area contributed by atoms with Crippen LogP contribution in [-0.4, -0.2) is 149 Å². The SMILES string of the molecule is COc1cccc2[nH]c(C(=O)N(C)[C@@H](COC(C)(C)CCOC[C@@H](C(=O)N3C[C@]4(C[C@H]3C#N)C(=O)Nc3ccccc34)N(C)C(=O)c3cc4c(F)cc(F)cc4[nH]3)C(=O)N3C[C@]4(C[C@H]3C#N)C(=O)Nc3ccccc34)cc12. The van der Waals surface area contributed by atoms with Crippen LogP contribution < -0.4 is 15.4 Å². The van der Waals surface area contributed by atoms with Crippen molar-refractivity contribution in [2.75, 3.05) is 64.7 Å². The largest absolute Gasteiger partial charge is 0.496 e. The third kappa shape index (κ3) is 8.94. The van der Waals surface area contributed by atoms with Crippen molar-refractivity contribution in [1.29, 1.82) is 10.5 Å². The Morgan fingerprint density at radius 1 is 0.727 bits per heavy atom. The molecule has 6 amide bonds. The van der Waals surface area contributed by atoms with Crippen molar-refractivity contribution in [1.82, 2.24) is 29.6 Å². The molecule has 2 fully saturated rings. The number of ether oxygens (including phenoxy) is 3. The maximum atomic E-state index is 15.0. The number of carbonyl (C=O) groups excluding carboxylic acids is 6. The van der Waals surface area contributed by atoms with Crippen LogP contribution in [0.2, 0.25) is 0 Å². The van der Waals surface area contributed by atoms with Crippen LogP contribution in [0.25, 0.3) is 21.8 Å². The first-order valence-electron chi connectivity index (χ1n) is 25.0. The number of methoxy groups -OCH3 is 1. The van der Waals surface area contributed by atoms with Gasteiger partial charge in [-0.1, -0.05) is 42.5 Å². The highest BCUT2D eigenvalue weighted by Crippen LogP contribution is 2.48. The predicted octanol–water partition coefficient (Wildman–Crippen LogP) is 5.75. The van der Waals surface area contributed by atoms with Gasteiger partial charge in [-0.2, -0.15) is 10.5 Å². The molecule has 4 N–H and O–H groups in total. The van der Waals surface area contributed by atoms with Crippen LogP contribution in [-0.2, 0) is 39.5 Å². The summed E-state index contributed by atoms with van der Waals surface area (Å²) in [5.74, 6) is -4.65. The highest BCUT2D eigenvalue weighted by molar-refractivity contribution is 6.09. The average Bonchev–Trinajstić information content (AvgIpc) is 4.30. The van der Waals surface area contributed by atoms with Crippen LogP contribution in [0.4, 0.5) is 20.2 Å². The third-order valence-electron chi connectivity index (χ3n) is 15.7. The third-order valence-corrected chi connectivity index (χ3v) is 15.7. The van der Waals surface area contributed by atoms with E-state index in [1.807, 2.05) is 0 Å². The Labute approximate surface area is 440 Å². The number of nitriles is 2. The number of rotatable bonds is 15. The van der Waals surface area contributed by atoms with Gasteiger partial charge in [0.25, 0.3) is 11.8 Å². The molecule has 10 rings (SSSR count). The van der Waals surface area contributed by atoms with E-state index in [1.165, 1.54) is 42.0 Å². The Morgan fingerprint density at radius 2 is 1.25 bits per heavy atom. The number of likely N-dealkylation sites (N-methyl/N-ethyl adjacent to an activating group) is 2. The number of carbonyl (C=O) groups is 6. The highest BCUT2D eigenvalue weighted by atomic mass is 19.1. The summed E-state index contributed by atoms with van der Waals surface area (Å²) < 4.78 is 47.2. The minimum atomic E-state index is -1.41. The molecule has 77 heavy (non-hydrogen) atoms. The van der Waals surface area contributed by atoms with Crippen molar-refractivity contribution < 1.29 is 51.8 Å². The number of aromatic nitrogens is 2. The Morgan fingerprint density at radius 3 is 1.79 bits per heavy atom. The molecule has 0 bridgehead atoms. The molecule has 6 heterocycles. The van der Waals surface area contributed by atoms with Crippen LogP contribution in [0.3, 0.4) is 0 Å². The number of benzene rings is 4. The number of aromatic amines is 2. The predicted molar refractivity (Wildman–Crippen MR) is 275 cm³/mol. The first-order chi connectivity index (χ1) is 36.8. The van der Waals surface area contributed by atoms with E-state index < -0.39 is 82.5 Å². The van der Waals surface area contributed by atoms with Crippen LogP contribution in [0.1, 0.15) is 65.2 Å². The van der Waals surface area contributed by atoms with E-state index in [2.05, 4.69) is 32.7 Å². The summed E-state index contributed by atoms with van der Waals surface area (Å²) >= 11 is 0. The number of halogens is 2. The van der Waals surface area contributed by atoms with Gasteiger partial charge in [0.1, 0.15) is 52.9 Å². The molecule has 0 aliphatic carbocycles. The first kappa shape index (κ1) is 51.8. The lowest BCUT2D eigenvalue weighted by Crippen LogP contribution is -2.54. The fourth-order valence-electron chi connectivity index (χ4n) is 11.3. The van der Waals surface area contributed by atoms with Crippen LogP contribution in [0.15, 0.2) is 91.0 Å². The molecule has 6 atom stereocenters. The highest BCUT2D eigenvalue weighted by Gasteiger charge is 2.58. The maximum Gasteiger partial charge on any atom is 0.270 e. The van der Waals surface area contributed by atoms with Crippen LogP contribution >= 0.6 is 0 Å². The summed E-state index contributed by atoms with van der Waals surface area (Å²) in [6.45, 7) is 2.25. The second-order valence-electron chi connectivity index (χ2n) is 20.7. The fourth-order valence-corrected chi connectivity index (χ4v) is 11.3. The summed E-state index contributed by atoms with van der Waals surface area (Å²) in [5.41, 5.74) is -0.499. The summed E-state index contributed by atoms with van der Waals surface area (Å²) in [4.78, 5) is 96.7. The number of hydrogen-bond donors (Lipinski definition) is 4. The summed E-state index contributed by atoms with van der Waals surface area (Å²) in [6.07, 6.45) is 0.132. The van der Waals surface area contributed by atoms with E-state index >= 15 is 4.79 Å². The van der Waals surface area contributed by atoms with Gasteiger partial charge >= 0.3 is 0 Å². The zero-order valence-electron chi connectivity index (χ0n) is 42.7. The second-order valence-corrected chi connectivity index (χ2v) is 20.7. The molecule has 2 saturated heterocycles. The lowest BCUT2D eigenvalue weighted by Gasteiger charge is -2.35. The molecule has 0 saturated carbocycles. The standard InChI is InChI=1S/C56H54F2N10O9/c1-54(2,77-28-46(66(4)49(70)44-22-35-39(61-44)15-10-16-47(35)75-5)51(72)68-30-56(24-33(68)26-60)37-12-7-9-14-41(37)64-53(56)74)17-18-76-27-45(65(3)48(69)43-21-34-38(58)19-31(57)20-42(34)62-43)50(71)67-29-55(23-32(67)25-59)36-11-6-8-13-40(36)63-52(55)73/h6-16,19-22,32-33,45-46,61-62H,17-18,23-24,27-30H2,1-5H3,(H,63,73)(H,64,74)/t32-,33-,45-,46-,55-,56-/m0/s1. The number of para-hydroxylation sites is 2. The Balaban J connectivity index is 0.885. The van der Waals surface area contributed by atoms with E-state index in [0.717, 1.165) is 11.0 Å². The molecule has 4 aliphatic heterocycles. The van der Waals surface area contributed by atoms with Gasteiger partial charge in [-0.25, -0.2) is 8.78 Å². The van der Waals surface area contributed by atoms with Crippen molar-refractivity contribution in [3.63, 3.8) is 0 Å². The molecule has 21 heteroatoms. The van der Waals surface area contributed by atoms with E-state index in [-0.39, 0.29) is 79.7 Å².